The highest BCUT2D eigenvalue weighted by atomic mass is 16.5. The van der Waals surface area contributed by atoms with Gasteiger partial charge in [0.1, 0.15) is 17.1 Å². The maximum absolute atomic E-state index is 13.0. The van der Waals surface area contributed by atoms with Crippen LogP contribution in [0.3, 0.4) is 0 Å². The Labute approximate surface area is 157 Å². The summed E-state index contributed by atoms with van der Waals surface area (Å²) in [6.07, 6.45) is 2.52. The maximum Gasteiger partial charge on any atom is 0.274 e. The summed E-state index contributed by atoms with van der Waals surface area (Å²) in [7, 11) is 0. The first-order valence-electron chi connectivity index (χ1n) is 8.85. The van der Waals surface area contributed by atoms with Crippen molar-refractivity contribution in [2.24, 2.45) is 0 Å². The Morgan fingerprint density at radius 3 is 2.56 bits per heavy atom. The monoisotopic (exact) mass is 357 g/mol. The van der Waals surface area contributed by atoms with E-state index in [1.807, 2.05) is 90.3 Å². The lowest BCUT2D eigenvalue weighted by atomic mass is 10.2. The van der Waals surface area contributed by atoms with Gasteiger partial charge in [-0.25, -0.2) is 4.98 Å². The van der Waals surface area contributed by atoms with Gasteiger partial charge >= 0.3 is 0 Å². The third-order valence-electron chi connectivity index (χ3n) is 4.26. The summed E-state index contributed by atoms with van der Waals surface area (Å²) in [5.74, 6) is 1.09. The van der Waals surface area contributed by atoms with E-state index in [1.54, 1.807) is 0 Å². The number of nitrogens with zero attached hydrogens (tertiary/aromatic N) is 2. The van der Waals surface area contributed by atoms with E-state index in [4.69, 9.17) is 4.74 Å². The van der Waals surface area contributed by atoms with E-state index in [-0.39, 0.29) is 5.91 Å². The first-order chi connectivity index (χ1) is 13.3. The molecule has 5 heteroatoms. The Morgan fingerprint density at radius 1 is 1.00 bits per heavy atom. The number of amides is 1. The molecule has 2 heterocycles. The molecule has 0 aliphatic carbocycles. The number of carbonyl (C=O) groups is 1. The minimum atomic E-state index is -0.213. The zero-order chi connectivity index (χ0) is 18.6. The number of para-hydroxylation sites is 3. The lowest BCUT2D eigenvalue weighted by molar-refractivity contribution is 0.102. The number of hydrogen-bond donors (Lipinski definition) is 1. The van der Waals surface area contributed by atoms with Crippen molar-refractivity contribution in [2.75, 3.05) is 5.32 Å². The topological polar surface area (TPSA) is 55.6 Å². The highest BCUT2D eigenvalue weighted by Gasteiger charge is 2.19. The standard InChI is InChI=1S/C22H19N3O2/c1-2-17-21(25-15-9-8-14-20(25)23-17)22(26)24-18-12-6-7-13-19(18)27-16-10-4-3-5-11-16/h3-15H,2H2,1H3,(H,24,26). The molecule has 2 aromatic carbocycles. The van der Waals surface area contributed by atoms with Gasteiger partial charge in [0.15, 0.2) is 5.75 Å². The molecule has 0 aliphatic heterocycles. The van der Waals surface area contributed by atoms with E-state index >= 15 is 0 Å². The summed E-state index contributed by atoms with van der Waals surface area (Å²) in [5, 5.41) is 2.98. The molecule has 4 rings (SSSR count). The van der Waals surface area contributed by atoms with E-state index in [0.29, 0.717) is 29.3 Å². The van der Waals surface area contributed by atoms with Gasteiger partial charge < -0.3 is 10.1 Å². The fourth-order valence-electron chi connectivity index (χ4n) is 2.99. The minimum absolute atomic E-state index is 0.213. The maximum atomic E-state index is 13.0. The fourth-order valence-corrected chi connectivity index (χ4v) is 2.99. The van der Waals surface area contributed by atoms with Gasteiger partial charge in [-0.15, -0.1) is 0 Å². The van der Waals surface area contributed by atoms with Crippen molar-refractivity contribution >= 4 is 17.2 Å². The SMILES string of the molecule is CCc1nc2ccccn2c1C(=O)Nc1ccccc1Oc1ccccc1. The first-order valence-corrected chi connectivity index (χ1v) is 8.85. The molecule has 0 saturated heterocycles. The number of hydrogen-bond acceptors (Lipinski definition) is 3. The molecule has 134 valence electrons. The number of nitrogens with one attached hydrogen (secondary N) is 1. The van der Waals surface area contributed by atoms with Crippen LogP contribution < -0.4 is 10.1 Å². The van der Waals surface area contributed by atoms with E-state index in [1.165, 1.54) is 0 Å². The zero-order valence-corrected chi connectivity index (χ0v) is 14.9. The van der Waals surface area contributed by atoms with Crippen LogP contribution in [-0.4, -0.2) is 15.3 Å². The van der Waals surface area contributed by atoms with Crippen LogP contribution in [0, 0.1) is 0 Å². The second kappa shape index (κ2) is 7.33. The van der Waals surface area contributed by atoms with Crippen molar-refractivity contribution in [1.82, 2.24) is 9.38 Å². The summed E-state index contributed by atoms with van der Waals surface area (Å²) in [6, 6.07) is 22.6. The van der Waals surface area contributed by atoms with Crippen molar-refractivity contribution < 1.29 is 9.53 Å². The van der Waals surface area contributed by atoms with Crippen LogP contribution in [0.15, 0.2) is 79.0 Å². The number of pyridine rings is 1. The third kappa shape index (κ3) is 3.40. The van der Waals surface area contributed by atoms with E-state index < -0.39 is 0 Å². The van der Waals surface area contributed by atoms with Gasteiger partial charge in [-0.3, -0.25) is 9.20 Å². The smallest absolute Gasteiger partial charge is 0.274 e. The number of ether oxygens (including phenoxy) is 1. The number of aromatic nitrogens is 2. The van der Waals surface area contributed by atoms with Crippen LogP contribution in [0.25, 0.3) is 5.65 Å². The molecule has 27 heavy (non-hydrogen) atoms. The van der Waals surface area contributed by atoms with Crippen LogP contribution >= 0.6 is 0 Å². The summed E-state index contributed by atoms with van der Waals surface area (Å²) in [6.45, 7) is 1.99. The first kappa shape index (κ1) is 16.8. The molecule has 0 aliphatic rings. The van der Waals surface area contributed by atoms with Gasteiger partial charge in [0.05, 0.1) is 11.4 Å². The van der Waals surface area contributed by atoms with Crippen LogP contribution in [-0.2, 0) is 6.42 Å². The van der Waals surface area contributed by atoms with Crippen molar-refractivity contribution in [3.63, 3.8) is 0 Å². The van der Waals surface area contributed by atoms with Crippen molar-refractivity contribution in [3.8, 4) is 11.5 Å². The normalized spacial score (nSPS) is 10.7. The zero-order valence-electron chi connectivity index (χ0n) is 14.9. The molecule has 0 radical (unpaired) electrons. The van der Waals surface area contributed by atoms with E-state index in [0.717, 1.165) is 11.3 Å². The lowest BCUT2D eigenvalue weighted by Gasteiger charge is -2.12. The quantitative estimate of drug-likeness (QED) is 0.550. The molecule has 4 aromatic rings. The molecule has 5 nitrogen and oxygen atoms in total. The Bertz CT molecular complexity index is 1090. The molecular formula is C22H19N3O2. The van der Waals surface area contributed by atoms with Crippen LogP contribution in [0.4, 0.5) is 5.69 Å². The molecule has 1 amide bonds. The number of rotatable bonds is 5. The Balaban J connectivity index is 1.66. The molecule has 0 unspecified atom stereocenters. The van der Waals surface area contributed by atoms with Gasteiger partial charge in [-0.2, -0.15) is 0 Å². The fraction of sp³-hybridized carbons (Fsp3) is 0.0909. The molecule has 0 spiro atoms. The Hall–Kier alpha value is -3.60. The van der Waals surface area contributed by atoms with Crippen LogP contribution in [0.1, 0.15) is 23.1 Å². The van der Waals surface area contributed by atoms with Gasteiger partial charge in [0.2, 0.25) is 0 Å². The highest BCUT2D eigenvalue weighted by Crippen LogP contribution is 2.29. The summed E-state index contributed by atoms with van der Waals surface area (Å²) in [5.41, 5.74) is 2.68. The minimum Gasteiger partial charge on any atom is -0.455 e. The van der Waals surface area contributed by atoms with Gasteiger partial charge in [-0.05, 0) is 42.8 Å². The molecule has 1 N–H and O–H groups in total. The van der Waals surface area contributed by atoms with E-state index in [9.17, 15) is 4.79 Å². The van der Waals surface area contributed by atoms with Crippen molar-refractivity contribution in [1.29, 1.82) is 0 Å². The number of benzene rings is 2. The number of carbonyl (C=O) groups excluding carboxylic acids is 1. The predicted octanol–water partition coefficient (Wildman–Crippen LogP) is 4.94. The molecular weight excluding hydrogens is 338 g/mol. The molecule has 0 bridgehead atoms. The molecule has 0 fully saturated rings. The Morgan fingerprint density at radius 2 is 1.74 bits per heavy atom. The second-order valence-electron chi connectivity index (χ2n) is 6.05. The highest BCUT2D eigenvalue weighted by molar-refractivity contribution is 6.05. The molecule has 2 aromatic heterocycles. The number of anilines is 1. The predicted molar refractivity (Wildman–Crippen MR) is 105 cm³/mol. The van der Waals surface area contributed by atoms with Gasteiger partial charge in [0, 0.05) is 6.20 Å². The number of aryl methyl sites for hydroxylation is 1. The summed E-state index contributed by atoms with van der Waals surface area (Å²) in [4.78, 5) is 17.6. The molecule has 0 saturated carbocycles. The van der Waals surface area contributed by atoms with Gasteiger partial charge in [0.25, 0.3) is 5.91 Å². The number of fused-ring (bicyclic) bond motifs is 1. The third-order valence-corrected chi connectivity index (χ3v) is 4.26. The average Bonchev–Trinajstić information content (AvgIpc) is 3.09. The largest absolute Gasteiger partial charge is 0.455 e. The lowest BCUT2D eigenvalue weighted by Crippen LogP contribution is -2.16. The van der Waals surface area contributed by atoms with E-state index in [2.05, 4.69) is 10.3 Å². The second-order valence-corrected chi connectivity index (χ2v) is 6.05. The van der Waals surface area contributed by atoms with Crippen LogP contribution in [0.5, 0.6) is 11.5 Å². The number of imidazole rings is 1. The van der Waals surface area contributed by atoms with Gasteiger partial charge in [-0.1, -0.05) is 43.3 Å². The summed E-state index contributed by atoms with van der Waals surface area (Å²) >= 11 is 0. The average molecular weight is 357 g/mol. The van der Waals surface area contributed by atoms with Crippen LogP contribution in [0.2, 0.25) is 0 Å². The molecule has 0 atom stereocenters. The summed E-state index contributed by atoms with van der Waals surface area (Å²) < 4.78 is 7.75. The Kier molecular flexibility index (Phi) is 4.58. The van der Waals surface area contributed by atoms with Crippen molar-refractivity contribution in [2.45, 2.75) is 13.3 Å². The van der Waals surface area contributed by atoms with Crippen molar-refractivity contribution in [3.05, 3.63) is 90.4 Å².